The lowest BCUT2D eigenvalue weighted by atomic mass is 9.99. The Labute approximate surface area is 345 Å². The minimum Gasteiger partial charge on any atom is -0.345 e. The minimum atomic E-state index is 0.745. The van der Waals surface area contributed by atoms with Gasteiger partial charge >= 0.3 is 0 Å². The molecule has 2 heteroatoms. The molecule has 0 saturated carbocycles. The monoisotopic (exact) mass is 753 g/mol. The normalized spacial score (nSPS) is 12.7. The molecule has 4 aromatic rings. The van der Waals surface area contributed by atoms with Crippen LogP contribution in [0.2, 0.25) is 0 Å². The van der Waals surface area contributed by atoms with Crippen molar-refractivity contribution < 1.29 is 0 Å². The summed E-state index contributed by atoms with van der Waals surface area (Å²) in [5.74, 6) is 0. The summed E-state index contributed by atoms with van der Waals surface area (Å²) in [6, 6.07) is 37.4. The maximum absolute atomic E-state index is 4.42. The molecule has 0 aromatic heterocycles. The molecule has 0 aliphatic carbocycles. The first-order chi connectivity index (χ1) is 27.9. The molecule has 0 radical (unpaired) electrons. The van der Waals surface area contributed by atoms with Gasteiger partial charge in [0.2, 0.25) is 0 Å². The maximum atomic E-state index is 4.42. The van der Waals surface area contributed by atoms with Crippen LogP contribution in [-0.4, -0.2) is 11.4 Å². The average Bonchev–Trinajstić information content (AvgIpc) is 3.25. The van der Waals surface area contributed by atoms with Gasteiger partial charge in [0.1, 0.15) is 0 Å². The van der Waals surface area contributed by atoms with Crippen molar-refractivity contribution in [3.05, 3.63) is 223 Å². The summed E-state index contributed by atoms with van der Waals surface area (Å²) in [6.07, 6.45) is 32.8. The Morgan fingerprint density at radius 2 is 1.33 bits per heavy atom. The van der Waals surface area contributed by atoms with Crippen LogP contribution in [0.5, 0.6) is 0 Å². The summed E-state index contributed by atoms with van der Waals surface area (Å²) in [7, 11) is 0. The fraction of sp³-hybridized carbons (Fsp3) is 0.236. The molecule has 0 heterocycles. The van der Waals surface area contributed by atoms with Crippen LogP contribution in [0.3, 0.4) is 0 Å². The molecule has 0 atom stereocenters. The van der Waals surface area contributed by atoms with E-state index in [-0.39, 0.29) is 0 Å². The molecule has 0 aliphatic rings. The van der Waals surface area contributed by atoms with E-state index >= 15 is 0 Å². The van der Waals surface area contributed by atoms with Crippen molar-refractivity contribution >= 4 is 17.1 Å². The molecule has 0 bridgehead atoms. The predicted molar refractivity (Wildman–Crippen MR) is 252 cm³/mol. The molecule has 0 spiro atoms. The Kier molecular flexibility index (Phi) is 18.9. The zero-order chi connectivity index (χ0) is 40.7. The smallest absolute Gasteiger partial charge is 0.0540 e. The molecule has 0 fully saturated rings. The van der Waals surface area contributed by atoms with Crippen LogP contribution >= 0.6 is 0 Å². The molecule has 0 aliphatic heterocycles. The zero-order valence-corrected chi connectivity index (χ0v) is 35.2. The third kappa shape index (κ3) is 14.3. The summed E-state index contributed by atoms with van der Waals surface area (Å²) < 4.78 is 0. The van der Waals surface area contributed by atoms with Crippen LogP contribution in [0.15, 0.2) is 212 Å². The van der Waals surface area contributed by atoms with E-state index < -0.39 is 0 Å². The summed E-state index contributed by atoms with van der Waals surface area (Å²) in [6.45, 7) is 20.1. The van der Waals surface area contributed by atoms with Gasteiger partial charge in [-0.2, -0.15) is 0 Å². The topological polar surface area (TPSA) is 6.48 Å². The van der Waals surface area contributed by atoms with E-state index in [1.807, 2.05) is 6.08 Å². The molecule has 2 nitrogen and oxygen atoms in total. The third-order valence-corrected chi connectivity index (χ3v) is 10.0. The number of para-hydroxylation sites is 2. The van der Waals surface area contributed by atoms with E-state index in [2.05, 4.69) is 228 Å². The Morgan fingerprint density at radius 3 is 2.04 bits per heavy atom. The van der Waals surface area contributed by atoms with Gasteiger partial charge in [-0.25, -0.2) is 0 Å². The zero-order valence-electron chi connectivity index (χ0n) is 35.2. The summed E-state index contributed by atoms with van der Waals surface area (Å²) in [5, 5.41) is 0. The van der Waals surface area contributed by atoms with E-state index in [1.54, 1.807) is 0 Å². The van der Waals surface area contributed by atoms with Crippen LogP contribution in [-0.2, 0) is 12.8 Å². The summed E-state index contributed by atoms with van der Waals surface area (Å²) in [5.41, 5.74) is 13.4. The van der Waals surface area contributed by atoms with Gasteiger partial charge < -0.3 is 9.80 Å². The van der Waals surface area contributed by atoms with E-state index in [4.69, 9.17) is 0 Å². The number of aryl methyl sites for hydroxylation is 2. The van der Waals surface area contributed by atoms with E-state index in [1.165, 1.54) is 39.0 Å². The fourth-order valence-electron chi connectivity index (χ4n) is 6.48. The molecular weight excluding hydrogens is 689 g/mol. The summed E-state index contributed by atoms with van der Waals surface area (Å²) >= 11 is 0. The number of hydrogen-bond acceptors (Lipinski definition) is 2. The van der Waals surface area contributed by atoms with Gasteiger partial charge in [0.05, 0.1) is 5.69 Å². The van der Waals surface area contributed by atoms with E-state index in [0.29, 0.717) is 0 Å². The standard InChI is InChI=1S/C55H64N2/c1-8-12-14-15-24-42-56(43-25-29-49(11-4)44-46(6)45(5)26-13-9-2)47(7)27-18-16-19-28-50-34-38-51(39-35-50)54-32-22-23-33-55(54)57(52-30-20-17-21-31-52)53-40-36-48(10-3)37-41-53/h11-15,17-18,20-27,29-41,43H,4,7-10,16,19,28,42,44H2,1-3,5-6H3/b14-12-,24-15-,26-13-,27-18-,43-25+,46-45+,49-29+. The lowest BCUT2D eigenvalue weighted by Gasteiger charge is -2.28. The number of hydrogen-bond donors (Lipinski definition) is 0. The highest BCUT2D eigenvalue weighted by Gasteiger charge is 2.16. The number of allylic oxidation sites excluding steroid dienone is 13. The van der Waals surface area contributed by atoms with Crippen LogP contribution < -0.4 is 4.90 Å². The van der Waals surface area contributed by atoms with Gasteiger partial charge in [-0.15, -0.1) is 0 Å². The third-order valence-electron chi connectivity index (χ3n) is 10.0. The number of unbranched alkanes of at least 4 members (excludes halogenated alkanes) is 1. The van der Waals surface area contributed by atoms with Gasteiger partial charge in [0.25, 0.3) is 0 Å². The molecule has 294 valence electrons. The second-order valence-corrected chi connectivity index (χ2v) is 14.3. The van der Waals surface area contributed by atoms with Gasteiger partial charge in [-0.1, -0.05) is 173 Å². The Balaban J connectivity index is 1.41. The first kappa shape index (κ1) is 43.9. The van der Waals surface area contributed by atoms with E-state index in [9.17, 15) is 0 Å². The predicted octanol–water partition coefficient (Wildman–Crippen LogP) is 15.9. The maximum Gasteiger partial charge on any atom is 0.0540 e. The number of benzene rings is 4. The largest absolute Gasteiger partial charge is 0.345 e. The quantitative estimate of drug-likeness (QED) is 0.0583. The van der Waals surface area contributed by atoms with Crippen LogP contribution in [0.4, 0.5) is 17.1 Å². The highest BCUT2D eigenvalue weighted by atomic mass is 15.1. The number of nitrogens with zero attached hydrogens (tertiary/aromatic N) is 2. The Morgan fingerprint density at radius 1 is 0.667 bits per heavy atom. The number of rotatable bonds is 22. The summed E-state index contributed by atoms with van der Waals surface area (Å²) in [4.78, 5) is 4.56. The van der Waals surface area contributed by atoms with Crippen LogP contribution in [0.25, 0.3) is 11.1 Å². The molecule has 0 N–H and O–H groups in total. The van der Waals surface area contributed by atoms with Crippen molar-refractivity contribution in [3.63, 3.8) is 0 Å². The molecule has 4 aromatic carbocycles. The number of anilines is 3. The lowest BCUT2D eigenvalue weighted by molar-refractivity contribution is 0.535. The van der Waals surface area contributed by atoms with Gasteiger partial charge in [-0.05, 0) is 124 Å². The molecule has 4 rings (SSSR count). The Hall–Kier alpha value is -5.86. The van der Waals surface area contributed by atoms with Crippen molar-refractivity contribution in [1.29, 1.82) is 0 Å². The molecule has 57 heavy (non-hydrogen) atoms. The van der Waals surface area contributed by atoms with Gasteiger partial charge in [0.15, 0.2) is 0 Å². The Bertz CT molecular complexity index is 2050. The lowest BCUT2D eigenvalue weighted by Crippen LogP contribution is -2.14. The van der Waals surface area contributed by atoms with Crippen molar-refractivity contribution in [2.24, 2.45) is 0 Å². The highest BCUT2D eigenvalue weighted by Crippen LogP contribution is 2.40. The second-order valence-electron chi connectivity index (χ2n) is 14.3. The highest BCUT2D eigenvalue weighted by molar-refractivity contribution is 5.88. The van der Waals surface area contributed by atoms with Crippen molar-refractivity contribution in [3.8, 4) is 11.1 Å². The van der Waals surface area contributed by atoms with Crippen molar-refractivity contribution in [2.45, 2.75) is 79.6 Å². The molecule has 0 amide bonds. The first-order valence-corrected chi connectivity index (χ1v) is 20.8. The second kappa shape index (κ2) is 24.6. The van der Waals surface area contributed by atoms with Crippen LogP contribution in [0, 0.1) is 0 Å². The van der Waals surface area contributed by atoms with Gasteiger partial charge in [0, 0.05) is 35.4 Å². The molecular formula is C55H64N2. The van der Waals surface area contributed by atoms with Crippen LogP contribution in [0.1, 0.15) is 77.8 Å². The average molecular weight is 753 g/mol. The SMILES string of the molecule is C=C/C(=C\C=C\N(C/C=C\C=C/CC)C(=C)/C=C\CCCc1ccc(-c2ccccc2N(c2ccccc2)c2ccc(CC)cc2)cc1)C/C(C)=C(C)/C=C\CC. The van der Waals surface area contributed by atoms with Crippen molar-refractivity contribution in [2.75, 3.05) is 11.4 Å². The molecule has 0 unspecified atom stereocenters. The first-order valence-electron chi connectivity index (χ1n) is 20.8. The molecule has 0 saturated heterocycles. The van der Waals surface area contributed by atoms with E-state index in [0.717, 1.165) is 74.2 Å². The minimum absolute atomic E-state index is 0.745. The van der Waals surface area contributed by atoms with Gasteiger partial charge in [-0.3, -0.25) is 0 Å². The fourth-order valence-corrected chi connectivity index (χ4v) is 6.48. The van der Waals surface area contributed by atoms with Crippen molar-refractivity contribution in [1.82, 2.24) is 4.90 Å².